The molecule has 2 aliphatic rings. The van der Waals surface area contributed by atoms with Gasteiger partial charge in [0.05, 0.1) is 5.92 Å². The number of ketones is 2. The second-order valence-corrected chi connectivity index (χ2v) is 6.82. The topological polar surface area (TPSA) is 60.4 Å². The van der Waals surface area contributed by atoms with Gasteiger partial charge in [-0.05, 0) is 57.3 Å². The van der Waals surface area contributed by atoms with Crippen LogP contribution in [0.15, 0.2) is 47.6 Å². The predicted molar refractivity (Wildman–Crippen MR) is 92.2 cm³/mol. The number of Topliss-reactive ketones (excluding diaryl/α,β-unsaturated/α-hetero) is 1. The van der Waals surface area contributed by atoms with E-state index in [4.69, 9.17) is 4.74 Å². The maximum absolute atomic E-state index is 12.6. The van der Waals surface area contributed by atoms with E-state index in [2.05, 4.69) is 13.2 Å². The van der Waals surface area contributed by atoms with Gasteiger partial charge in [0.15, 0.2) is 11.6 Å². The van der Waals surface area contributed by atoms with Gasteiger partial charge in [0.2, 0.25) is 0 Å². The molecule has 24 heavy (non-hydrogen) atoms. The third kappa shape index (κ3) is 3.81. The van der Waals surface area contributed by atoms with Crippen LogP contribution in [-0.4, -0.2) is 23.6 Å². The summed E-state index contributed by atoms with van der Waals surface area (Å²) in [6.07, 6.45) is 3.93. The molecule has 0 fully saturated rings. The summed E-state index contributed by atoms with van der Waals surface area (Å²) in [5, 5.41) is 0. The summed E-state index contributed by atoms with van der Waals surface area (Å²) < 4.78 is 5.39. The first-order valence-electron chi connectivity index (χ1n) is 8.18. The average Bonchev–Trinajstić information content (AvgIpc) is 2.82. The molecule has 0 unspecified atom stereocenters. The van der Waals surface area contributed by atoms with Crippen LogP contribution in [0.3, 0.4) is 0 Å². The Morgan fingerprint density at radius 2 is 1.83 bits per heavy atom. The zero-order valence-electron chi connectivity index (χ0n) is 14.6. The number of allylic oxidation sites excluding steroid dienone is 3. The van der Waals surface area contributed by atoms with Crippen LogP contribution in [0.4, 0.5) is 0 Å². The van der Waals surface area contributed by atoms with E-state index in [0.717, 1.165) is 5.57 Å². The standard InChI is InChI=1S/C20H24O4/c1-11(2)14-6-7-15-10-18(24-20(15)23)19(12(3)4)17(22)8-13(5)16(21)9-14/h8,10,14,18-19H,1,3,6-7,9H2,2,4-5H3/b13-8-/t14-,18-,19+/m1/s1. The van der Waals surface area contributed by atoms with Gasteiger partial charge in [-0.1, -0.05) is 24.3 Å². The molecule has 4 nitrogen and oxygen atoms in total. The molecular formula is C20H24O4. The van der Waals surface area contributed by atoms with Crippen LogP contribution in [0.1, 0.15) is 40.0 Å². The number of esters is 1. The number of carbonyl (C=O) groups excluding carboxylic acids is 3. The van der Waals surface area contributed by atoms with Crippen molar-refractivity contribution >= 4 is 17.5 Å². The molecule has 1 heterocycles. The van der Waals surface area contributed by atoms with E-state index in [0.29, 0.717) is 36.0 Å². The van der Waals surface area contributed by atoms with Gasteiger partial charge >= 0.3 is 5.97 Å². The Bertz CT molecular complexity index is 678. The SMILES string of the molecule is C=C(C)[C@@H]1CCC2=C[C@@H](OC2=O)[C@@H](C(=C)C)C(=O)/C=C(/C)C(=O)C1. The van der Waals surface area contributed by atoms with Crippen LogP contribution in [0.2, 0.25) is 0 Å². The third-order valence-electron chi connectivity index (χ3n) is 4.73. The molecule has 0 aromatic rings. The number of fused-ring (bicyclic) bond motifs is 1. The van der Waals surface area contributed by atoms with E-state index in [1.807, 2.05) is 6.92 Å². The van der Waals surface area contributed by atoms with Gasteiger partial charge in [-0.25, -0.2) is 4.79 Å². The number of rotatable bonds is 2. The van der Waals surface area contributed by atoms with Gasteiger partial charge in [0, 0.05) is 12.0 Å². The fraction of sp³-hybridized carbons (Fsp3) is 0.450. The van der Waals surface area contributed by atoms with Crippen molar-refractivity contribution in [1.82, 2.24) is 0 Å². The van der Waals surface area contributed by atoms with Gasteiger partial charge in [-0.15, -0.1) is 0 Å². The molecule has 128 valence electrons. The Labute approximate surface area is 143 Å². The minimum Gasteiger partial charge on any atom is -0.454 e. The molecule has 0 amide bonds. The van der Waals surface area contributed by atoms with E-state index < -0.39 is 12.0 Å². The Balaban J connectivity index is 2.43. The number of carbonyl (C=O) groups is 3. The zero-order valence-corrected chi connectivity index (χ0v) is 14.6. The van der Waals surface area contributed by atoms with Crippen LogP contribution in [0.25, 0.3) is 0 Å². The second kappa shape index (κ2) is 7.12. The molecule has 0 radical (unpaired) electrons. The summed E-state index contributed by atoms with van der Waals surface area (Å²) in [5.41, 5.74) is 2.51. The quantitative estimate of drug-likeness (QED) is 0.575. The molecular weight excluding hydrogens is 304 g/mol. The summed E-state index contributed by atoms with van der Waals surface area (Å²) in [5.74, 6) is -1.36. The fourth-order valence-electron chi connectivity index (χ4n) is 3.16. The highest BCUT2D eigenvalue weighted by atomic mass is 16.5. The lowest BCUT2D eigenvalue weighted by molar-refractivity contribution is -0.142. The van der Waals surface area contributed by atoms with Crippen LogP contribution in [-0.2, 0) is 19.1 Å². The largest absolute Gasteiger partial charge is 0.454 e. The molecule has 0 saturated carbocycles. The summed E-state index contributed by atoms with van der Waals surface area (Å²) in [7, 11) is 0. The molecule has 0 aromatic carbocycles. The van der Waals surface area contributed by atoms with Crippen LogP contribution in [0.5, 0.6) is 0 Å². The first kappa shape index (κ1) is 18.1. The van der Waals surface area contributed by atoms with Crippen LogP contribution >= 0.6 is 0 Å². The normalized spacial score (nSPS) is 30.5. The summed E-state index contributed by atoms with van der Waals surface area (Å²) in [4.78, 5) is 37.1. The fourth-order valence-corrected chi connectivity index (χ4v) is 3.16. The molecule has 4 heteroatoms. The van der Waals surface area contributed by atoms with E-state index >= 15 is 0 Å². The Hall–Kier alpha value is -2.23. The zero-order chi connectivity index (χ0) is 18.0. The van der Waals surface area contributed by atoms with Gasteiger partial charge < -0.3 is 4.74 Å². The molecule has 2 bridgehead atoms. The first-order chi connectivity index (χ1) is 11.2. The lowest BCUT2D eigenvalue weighted by Crippen LogP contribution is -2.28. The van der Waals surface area contributed by atoms with Crippen molar-refractivity contribution in [2.75, 3.05) is 0 Å². The molecule has 0 aromatic heterocycles. The first-order valence-corrected chi connectivity index (χ1v) is 8.18. The van der Waals surface area contributed by atoms with E-state index in [1.165, 1.54) is 6.08 Å². The van der Waals surface area contributed by atoms with E-state index in [-0.39, 0.29) is 23.5 Å². The highest BCUT2D eigenvalue weighted by Crippen LogP contribution is 2.31. The van der Waals surface area contributed by atoms with Crippen molar-refractivity contribution in [3.8, 4) is 0 Å². The minimum atomic E-state index is -0.648. The number of ether oxygens (including phenoxy) is 1. The Morgan fingerprint density at radius 3 is 2.42 bits per heavy atom. The van der Waals surface area contributed by atoms with Crippen molar-refractivity contribution < 1.29 is 19.1 Å². The average molecular weight is 328 g/mol. The monoisotopic (exact) mass is 328 g/mol. The molecule has 0 N–H and O–H groups in total. The van der Waals surface area contributed by atoms with Crippen LogP contribution < -0.4 is 0 Å². The summed E-state index contributed by atoms with van der Waals surface area (Å²) in [6, 6.07) is 0. The van der Waals surface area contributed by atoms with Crippen molar-refractivity contribution in [3.63, 3.8) is 0 Å². The molecule has 2 rings (SSSR count). The highest BCUT2D eigenvalue weighted by molar-refractivity contribution is 6.04. The van der Waals surface area contributed by atoms with Gasteiger partial charge in [-0.3, -0.25) is 9.59 Å². The van der Waals surface area contributed by atoms with Gasteiger partial charge in [0.25, 0.3) is 0 Å². The summed E-state index contributed by atoms with van der Waals surface area (Å²) in [6.45, 7) is 13.1. The Morgan fingerprint density at radius 1 is 1.17 bits per heavy atom. The van der Waals surface area contributed by atoms with Gasteiger partial charge in [-0.2, -0.15) is 0 Å². The maximum Gasteiger partial charge on any atom is 0.334 e. The van der Waals surface area contributed by atoms with Crippen molar-refractivity contribution in [3.05, 3.63) is 47.6 Å². The molecule has 1 aliphatic heterocycles. The molecule has 0 saturated heterocycles. The molecule has 0 spiro atoms. The van der Waals surface area contributed by atoms with Crippen molar-refractivity contribution in [2.24, 2.45) is 11.8 Å². The van der Waals surface area contributed by atoms with Crippen LogP contribution in [0, 0.1) is 11.8 Å². The highest BCUT2D eigenvalue weighted by Gasteiger charge is 2.36. The lowest BCUT2D eigenvalue weighted by Gasteiger charge is -2.20. The molecule has 1 aliphatic carbocycles. The third-order valence-corrected chi connectivity index (χ3v) is 4.73. The van der Waals surface area contributed by atoms with E-state index in [1.54, 1.807) is 19.9 Å². The van der Waals surface area contributed by atoms with E-state index in [9.17, 15) is 14.4 Å². The lowest BCUT2D eigenvalue weighted by atomic mass is 9.85. The van der Waals surface area contributed by atoms with Crippen molar-refractivity contribution in [1.29, 1.82) is 0 Å². The predicted octanol–water partition coefficient (Wildman–Crippen LogP) is 3.49. The minimum absolute atomic E-state index is 0.0138. The number of hydrogen-bond acceptors (Lipinski definition) is 4. The van der Waals surface area contributed by atoms with Crippen molar-refractivity contribution in [2.45, 2.75) is 46.1 Å². The smallest absolute Gasteiger partial charge is 0.334 e. The Kier molecular flexibility index (Phi) is 5.37. The second-order valence-electron chi connectivity index (χ2n) is 6.82. The number of hydrogen-bond donors (Lipinski definition) is 0. The van der Waals surface area contributed by atoms with Gasteiger partial charge in [0.1, 0.15) is 6.10 Å². The molecule has 3 atom stereocenters. The summed E-state index contributed by atoms with van der Waals surface area (Å²) >= 11 is 0. The maximum atomic E-state index is 12.6.